The molecule has 0 unspecified atom stereocenters. The third kappa shape index (κ3) is 3.21. The van der Waals surface area contributed by atoms with Crippen molar-refractivity contribution >= 4 is 17.6 Å². The maximum absolute atomic E-state index is 12.1. The van der Waals surface area contributed by atoms with E-state index < -0.39 is 5.97 Å². The van der Waals surface area contributed by atoms with Gasteiger partial charge in [0.1, 0.15) is 11.5 Å². The van der Waals surface area contributed by atoms with Crippen LogP contribution in [0.1, 0.15) is 23.7 Å². The second kappa shape index (κ2) is 6.39. The molecule has 0 aliphatic carbocycles. The van der Waals surface area contributed by atoms with Crippen LogP contribution in [0, 0.1) is 0 Å². The average Bonchev–Trinajstić information content (AvgIpc) is 2.53. The minimum Gasteiger partial charge on any atom is -0.465 e. The van der Waals surface area contributed by atoms with Crippen molar-refractivity contribution < 1.29 is 14.3 Å². The van der Waals surface area contributed by atoms with Crippen LogP contribution in [0.2, 0.25) is 0 Å². The lowest BCUT2D eigenvalue weighted by Gasteiger charge is -2.33. The summed E-state index contributed by atoms with van der Waals surface area (Å²) in [5.74, 6) is 0.303. The second-order valence-electron chi connectivity index (χ2n) is 4.82. The average molecular weight is 289 g/mol. The van der Waals surface area contributed by atoms with E-state index in [4.69, 9.17) is 0 Å². The summed E-state index contributed by atoms with van der Waals surface area (Å²) in [4.78, 5) is 31.6. The van der Waals surface area contributed by atoms with Crippen molar-refractivity contribution in [1.82, 2.24) is 9.88 Å². The number of aromatic nitrogens is 1. The summed E-state index contributed by atoms with van der Waals surface area (Å²) in [6.45, 7) is 3.32. The van der Waals surface area contributed by atoms with Gasteiger partial charge in [-0.05, 0) is 12.1 Å². The number of ketones is 1. The highest BCUT2D eigenvalue weighted by atomic mass is 16.5. The molecule has 1 aromatic rings. The molecule has 0 bridgehead atoms. The lowest BCUT2D eigenvalue weighted by molar-refractivity contribution is -0.115. The largest absolute Gasteiger partial charge is 0.465 e. The Balaban J connectivity index is 2.29. The molecular formula is C15H19N3O3. The van der Waals surface area contributed by atoms with Crippen LogP contribution < -0.4 is 4.90 Å². The number of nitrogens with zero attached hydrogens (tertiary/aromatic N) is 3. The van der Waals surface area contributed by atoms with Gasteiger partial charge in [-0.15, -0.1) is 0 Å². The monoisotopic (exact) mass is 289 g/mol. The minimum atomic E-state index is -0.423. The van der Waals surface area contributed by atoms with Crippen molar-refractivity contribution in [2.75, 3.05) is 32.1 Å². The van der Waals surface area contributed by atoms with E-state index >= 15 is 0 Å². The summed E-state index contributed by atoms with van der Waals surface area (Å²) >= 11 is 0. The van der Waals surface area contributed by atoms with E-state index in [1.807, 2.05) is 30.0 Å². The number of hydrogen-bond acceptors (Lipinski definition) is 6. The second-order valence-corrected chi connectivity index (χ2v) is 4.82. The fourth-order valence-corrected chi connectivity index (χ4v) is 2.15. The first-order valence-corrected chi connectivity index (χ1v) is 6.84. The van der Waals surface area contributed by atoms with Gasteiger partial charge >= 0.3 is 5.97 Å². The highest BCUT2D eigenvalue weighted by Gasteiger charge is 2.23. The van der Waals surface area contributed by atoms with Crippen LogP contribution >= 0.6 is 0 Å². The van der Waals surface area contributed by atoms with Gasteiger partial charge in [0.25, 0.3) is 0 Å². The first-order chi connectivity index (χ1) is 10.1. The SMILES string of the molecule is CCC(=O)C1=CN(C)CCN1c1ccc(C(=O)OC)cn1. The summed E-state index contributed by atoms with van der Waals surface area (Å²) in [5, 5.41) is 0. The summed E-state index contributed by atoms with van der Waals surface area (Å²) < 4.78 is 4.65. The fraction of sp³-hybridized carbons (Fsp3) is 0.400. The van der Waals surface area contributed by atoms with Crippen LogP contribution in [0.4, 0.5) is 5.82 Å². The molecule has 21 heavy (non-hydrogen) atoms. The van der Waals surface area contributed by atoms with Gasteiger partial charge in [-0.1, -0.05) is 6.92 Å². The van der Waals surface area contributed by atoms with E-state index in [-0.39, 0.29) is 5.78 Å². The zero-order valence-corrected chi connectivity index (χ0v) is 12.5. The Morgan fingerprint density at radius 1 is 1.33 bits per heavy atom. The normalized spacial score (nSPS) is 14.7. The first-order valence-electron chi connectivity index (χ1n) is 6.84. The van der Waals surface area contributed by atoms with Crippen molar-refractivity contribution in [1.29, 1.82) is 0 Å². The van der Waals surface area contributed by atoms with Gasteiger partial charge in [0, 0.05) is 39.0 Å². The zero-order chi connectivity index (χ0) is 15.4. The Hall–Kier alpha value is -2.37. The van der Waals surface area contributed by atoms with E-state index in [2.05, 4.69) is 9.72 Å². The number of methoxy groups -OCH3 is 1. The Morgan fingerprint density at radius 3 is 2.67 bits per heavy atom. The third-order valence-electron chi connectivity index (χ3n) is 3.36. The number of carbonyl (C=O) groups is 2. The molecule has 1 aliphatic rings. The lowest BCUT2D eigenvalue weighted by atomic mass is 10.1. The predicted octanol–water partition coefficient (Wildman–Crippen LogP) is 1.44. The number of anilines is 1. The van der Waals surface area contributed by atoms with Crippen LogP contribution in [0.15, 0.2) is 30.2 Å². The smallest absolute Gasteiger partial charge is 0.339 e. The molecule has 0 atom stereocenters. The van der Waals surface area contributed by atoms with Crippen molar-refractivity contribution in [2.45, 2.75) is 13.3 Å². The van der Waals surface area contributed by atoms with Crippen molar-refractivity contribution in [3.05, 3.63) is 35.8 Å². The molecular weight excluding hydrogens is 270 g/mol. The van der Waals surface area contributed by atoms with Gasteiger partial charge in [-0.3, -0.25) is 4.79 Å². The van der Waals surface area contributed by atoms with Gasteiger partial charge in [0.15, 0.2) is 5.78 Å². The lowest BCUT2D eigenvalue weighted by Crippen LogP contribution is -2.39. The van der Waals surface area contributed by atoms with Gasteiger partial charge in [0.05, 0.1) is 12.7 Å². The number of pyridine rings is 1. The zero-order valence-electron chi connectivity index (χ0n) is 12.5. The van der Waals surface area contributed by atoms with Crippen molar-refractivity contribution in [3.8, 4) is 0 Å². The Labute approximate surface area is 124 Å². The van der Waals surface area contributed by atoms with Crippen molar-refractivity contribution in [3.63, 3.8) is 0 Å². The molecule has 2 rings (SSSR count). The van der Waals surface area contributed by atoms with Crippen LogP contribution in [-0.4, -0.2) is 48.9 Å². The van der Waals surface area contributed by atoms with E-state index in [0.717, 1.165) is 6.54 Å². The number of ether oxygens (including phenoxy) is 1. The van der Waals surface area contributed by atoms with E-state index in [9.17, 15) is 9.59 Å². The minimum absolute atomic E-state index is 0.0698. The van der Waals surface area contributed by atoms with Crippen LogP contribution in [0.3, 0.4) is 0 Å². The highest BCUT2D eigenvalue weighted by Crippen LogP contribution is 2.21. The van der Waals surface area contributed by atoms with Crippen LogP contribution in [0.25, 0.3) is 0 Å². The number of rotatable bonds is 4. The maximum Gasteiger partial charge on any atom is 0.339 e. The molecule has 2 heterocycles. The quantitative estimate of drug-likeness (QED) is 0.782. The Kier molecular flexibility index (Phi) is 4.57. The highest BCUT2D eigenvalue weighted by molar-refractivity contribution is 5.98. The maximum atomic E-state index is 12.1. The van der Waals surface area contributed by atoms with E-state index in [0.29, 0.717) is 30.0 Å². The Bertz CT molecular complexity index is 566. The van der Waals surface area contributed by atoms with Gasteiger partial charge in [-0.2, -0.15) is 0 Å². The number of carbonyl (C=O) groups excluding carboxylic acids is 2. The number of esters is 1. The van der Waals surface area contributed by atoms with Gasteiger partial charge < -0.3 is 14.5 Å². The molecule has 0 aromatic carbocycles. The molecule has 0 amide bonds. The van der Waals surface area contributed by atoms with Gasteiger partial charge in [0.2, 0.25) is 0 Å². The number of allylic oxidation sites excluding steroid dienone is 1. The fourth-order valence-electron chi connectivity index (χ4n) is 2.15. The molecule has 0 radical (unpaired) electrons. The molecule has 0 saturated heterocycles. The molecule has 112 valence electrons. The molecule has 6 nitrogen and oxygen atoms in total. The third-order valence-corrected chi connectivity index (χ3v) is 3.36. The number of hydrogen-bond donors (Lipinski definition) is 0. The summed E-state index contributed by atoms with van der Waals surface area (Å²) in [7, 11) is 3.27. The number of likely N-dealkylation sites (N-methyl/N-ethyl adjacent to an activating group) is 1. The molecule has 0 saturated carbocycles. The van der Waals surface area contributed by atoms with Crippen LogP contribution in [-0.2, 0) is 9.53 Å². The topological polar surface area (TPSA) is 62.7 Å². The summed E-state index contributed by atoms with van der Waals surface area (Å²) in [6, 6.07) is 3.38. The molecule has 1 aliphatic heterocycles. The van der Waals surface area contributed by atoms with E-state index in [1.54, 1.807) is 12.1 Å². The standard InChI is InChI=1S/C15H19N3O3/c1-4-13(19)12-10-17(2)7-8-18(12)14-6-5-11(9-16-14)15(20)21-3/h5-6,9-10H,4,7-8H2,1-3H3. The van der Waals surface area contributed by atoms with Crippen LogP contribution in [0.5, 0.6) is 0 Å². The first kappa shape index (κ1) is 15.0. The predicted molar refractivity (Wildman–Crippen MR) is 78.9 cm³/mol. The van der Waals surface area contributed by atoms with Crippen molar-refractivity contribution in [2.24, 2.45) is 0 Å². The molecule has 0 N–H and O–H groups in total. The van der Waals surface area contributed by atoms with E-state index in [1.165, 1.54) is 13.3 Å². The number of Topliss-reactive ketones (excluding diaryl/α,β-unsaturated/α-hetero) is 1. The Morgan fingerprint density at radius 2 is 2.10 bits per heavy atom. The summed E-state index contributed by atoms with van der Waals surface area (Å²) in [6.07, 6.45) is 3.75. The van der Waals surface area contributed by atoms with Gasteiger partial charge in [-0.25, -0.2) is 9.78 Å². The molecule has 1 aromatic heterocycles. The summed E-state index contributed by atoms with van der Waals surface area (Å²) in [5.41, 5.74) is 1.02. The molecule has 0 fully saturated rings. The molecule has 0 spiro atoms. The molecule has 6 heteroatoms.